The second-order valence-electron chi connectivity index (χ2n) is 4.90. The SMILES string of the molecule is CNCC(C)CNc1ncnc2c1CCCC2. The molecule has 2 rings (SSSR count). The molecule has 0 amide bonds. The van der Waals surface area contributed by atoms with Crippen LogP contribution in [-0.2, 0) is 12.8 Å². The van der Waals surface area contributed by atoms with Crippen molar-refractivity contribution in [2.45, 2.75) is 32.6 Å². The molecule has 0 bridgehead atoms. The molecule has 1 heterocycles. The van der Waals surface area contributed by atoms with E-state index in [4.69, 9.17) is 0 Å². The summed E-state index contributed by atoms with van der Waals surface area (Å²) in [5, 5.41) is 6.66. The Morgan fingerprint density at radius 3 is 2.88 bits per heavy atom. The van der Waals surface area contributed by atoms with Gasteiger partial charge in [0.25, 0.3) is 0 Å². The Balaban J connectivity index is 2.01. The molecule has 0 fully saturated rings. The molecule has 0 saturated carbocycles. The van der Waals surface area contributed by atoms with Crippen LogP contribution < -0.4 is 10.6 Å². The van der Waals surface area contributed by atoms with Crippen LogP contribution in [0.2, 0.25) is 0 Å². The highest BCUT2D eigenvalue weighted by Gasteiger charge is 2.15. The molecule has 0 aliphatic heterocycles. The lowest BCUT2D eigenvalue weighted by Gasteiger charge is -2.19. The fourth-order valence-electron chi connectivity index (χ4n) is 2.37. The minimum absolute atomic E-state index is 0.606. The van der Waals surface area contributed by atoms with Gasteiger partial charge in [0, 0.05) is 17.8 Å². The second kappa shape index (κ2) is 5.96. The molecule has 94 valence electrons. The normalized spacial score (nSPS) is 16.4. The largest absolute Gasteiger partial charge is 0.369 e. The molecule has 4 heteroatoms. The molecule has 1 aliphatic rings. The Kier molecular flexibility index (Phi) is 4.31. The lowest BCUT2D eigenvalue weighted by molar-refractivity contribution is 0.567. The Bertz CT molecular complexity index is 364. The first kappa shape index (κ1) is 12.3. The van der Waals surface area contributed by atoms with Gasteiger partial charge >= 0.3 is 0 Å². The van der Waals surface area contributed by atoms with E-state index >= 15 is 0 Å². The van der Waals surface area contributed by atoms with E-state index in [9.17, 15) is 0 Å². The number of anilines is 1. The highest BCUT2D eigenvalue weighted by Crippen LogP contribution is 2.24. The molecular formula is C13H22N4. The number of aryl methyl sites for hydroxylation is 1. The van der Waals surface area contributed by atoms with E-state index in [1.54, 1.807) is 6.33 Å². The van der Waals surface area contributed by atoms with Gasteiger partial charge in [-0.15, -0.1) is 0 Å². The third-order valence-electron chi connectivity index (χ3n) is 3.30. The summed E-state index contributed by atoms with van der Waals surface area (Å²) in [4.78, 5) is 8.76. The summed E-state index contributed by atoms with van der Waals surface area (Å²) < 4.78 is 0. The minimum atomic E-state index is 0.606. The fraction of sp³-hybridized carbons (Fsp3) is 0.692. The zero-order valence-corrected chi connectivity index (χ0v) is 10.8. The monoisotopic (exact) mass is 234 g/mol. The third kappa shape index (κ3) is 3.16. The average Bonchev–Trinajstić information content (AvgIpc) is 2.36. The van der Waals surface area contributed by atoms with Gasteiger partial charge in [-0.1, -0.05) is 6.92 Å². The van der Waals surface area contributed by atoms with E-state index in [2.05, 4.69) is 27.5 Å². The fourth-order valence-corrected chi connectivity index (χ4v) is 2.37. The molecule has 0 saturated heterocycles. The molecule has 0 aromatic carbocycles. The first-order valence-electron chi connectivity index (χ1n) is 6.52. The van der Waals surface area contributed by atoms with Crippen molar-refractivity contribution >= 4 is 5.82 Å². The van der Waals surface area contributed by atoms with Crippen molar-refractivity contribution in [2.24, 2.45) is 5.92 Å². The van der Waals surface area contributed by atoms with Crippen LogP contribution in [0.15, 0.2) is 6.33 Å². The van der Waals surface area contributed by atoms with E-state index in [0.29, 0.717) is 5.92 Å². The lowest BCUT2D eigenvalue weighted by atomic mass is 9.96. The summed E-state index contributed by atoms with van der Waals surface area (Å²) in [6.07, 6.45) is 6.45. The topological polar surface area (TPSA) is 49.8 Å². The molecule has 1 atom stereocenters. The number of nitrogens with zero attached hydrogens (tertiary/aromatic N) is 2. The van der Waals surface area contributed by atoms with Crippen LogP contribution in [0.5, 0.6) is 0 Å². The van der Waals surface area contributed by atoms with Crippen molar-refractivity contribution in [3.05, 3.63) is 17.6 Å². The van der Waals surface area contributed by atoms with Crippen molar-refractivity contribution in [1.29, 1.82) is 0 Å². The number of aromatic nitrogens is 2. The van der Waals surface area contributed by atoms with E-state index in [-0.39, 0.29) is 0 Å². The number of hydrogen-bond acceptors (Lipinski definition) is 4. The van der Waals surface area contributed by atoms with Gasteiger partial charge in [0.05, 0.1) is 0 Å². The van der Waals surface area contributed by atoms with Gasteiger partial charge in [0.15, 0.2) is 0 Å². The summed E-state index contributed by atoms with van der Waals surface area (Å²) in [6.45, 7) is 4.22. The number of nitrogens with one attached hydrogen (secondary N) is 2. The van der Waals surface area contributed by atoms with Crippen LogP contribution in [0.4, 0.5) is 5.82 Å². The van der Waals surface area contributed by atoms with Crippen LogP contribution >= 0.6 is 0 Å². The molecular weight excluding hydrogens is 212 g/mol. The van der Waals surface area contributed by atoms with Crippen molar-refractivity contribution in [3.63, 3.8) is 0 Å². The quantitative estimate of drug-likeness (QED) is 0.813. The standard InChI is InChI=1S/C13H22N4/c1-10(7-14-2)8-15-13-11-5-3-4-6-12(11)16-9-17-13/h9-10,14H,3-8H2,1-2H3,(H,15,16,17). The molecule has 1 aliphatic carbocycles. The third-order valence-corrected chi connectivity index (χ3v) is 3.30. The van der Waals surface area contributed by atoms with Crippen molar-refractivity contribution in [1.82, 2.24) is 15.3 Å². The van der Waals surface area contributed by atoms with Crippen LogP contribution in [0.3, 0.4) is 0 Å². The Hall–Kier alpha value is -1.16. The van der Waals surface area contributed by atoms with E-state index in [0.717, 1.165) is 31.7 Å². The minimum Gasteiger partial charge on any atom is -0.369 e. The second-order valence-corrected chi connectivity index (χ2v) is 4.90. The zero-order chi connectivity index (χ0) is 12.1. The van der Waals surface area contributed by atoms with Gasteiger partial charge in [-0.25, -0.2) is 9.97 Å². The van der Waals surface area contributed by atoms with Gasteiger partial charge in [0.2, 0.25) is 0 Å². The van der Waals surface area contributed by atoms with Crippen LogP contribution in [0.1, 0.15) is 31.0 Å². The van der Waals surface area contributed by atoms with Crippen molar-refractivity contribution in [2.75, 3.05) is 25.5 Å². The Morgan fingerprint density at radius 1 is 1.24 bits per heavy atom. The number of rotatable bonds is 5. The molecule has 0 spiro atoms. The number of hydrogen-bond donors (Lipinski definition) is 2. The summed E-state index contributed by atoms with van der Waals surface area (Å²) in [5.74, 6) is 1.66. The lowest BCUT2D eigenvalue weighted by Crippen LogP contribution is -2.24. The summed E-state index contributed by atoms with van der Waals surface area (Å²) in [5.41, 5.74) is 2.59. The highest BCUT2D eigenvalue weighted by atomic mass is 15.0. The van der Waals surface area contributed by atoms with Crippen molar-refractivity contribution < 1.29 is 0 Å². The van der Waals surface area contributed by atoms with Crippen LogP contribution in [0, 0.1) is 5.92 Å². The predicted octanol–water partition coefficient (Wildman–Crippen LogP) is 1.62. The number of fused-ring (bicyclic) bond motifs is 1. The Labute approximate surface area is 103 Å². The van der Waals surface area contributed by atoms with Gasteiger partial charge in [0.1, 0.15) is 12.1 Å². The summed E-state index contributed by atoms with van der Waals surface area (Å²) in [6, 6.07) is 0. The predicted molar refractivity (Wildman–Crippen MR) is 70.3 cm³/mol. The van der Waals surface area contributed by atoms with Crippen LogP contribution in [0.25, 0.3) is 0 Å². The van der Waals surface area contributed by atoms with Gasteiger partial charge in [-0.05, 0) is 45.2 Å². The molecule has 0 radical (unpaired) electrons. The molecule has 1 aromatic rings. The zero-order valence-electron chi connectivity index (χ0n) is 10.8. The van der Waals surface area contributed by atoms with E-state index in [1.807, 2.05) is 7.05 Å². The summed E-state index contributed by atoms with van der Waals surface area (Å²) >= 11 is 0. The Morgan fingerprint density at radius 2 is 2.06 bits per heavy atom. The van der Waals surface area contributed by atoms with E-state index in [1.165, 1.54) is 24.1 Å². The molecule has 1 unspecified atom stereocenters. The van der Waals surface area contributed by atoms with Gasteiger partial charge in [-0.2, -0.15) is 0 Å². The molecule has 2 N–H and O–H groups in total. The van der Waals surface area contributed by atoms with Gasteiger partial charge in [-0.3, -0.25) is 0 Å². The average molecular weight is 234 g/mol. The summed E-state index contributed by atoms with van der Waals surface area (Å²) in [7, 11) is 1.99. The van der Waals surface area contributed by atoms with Crippen molar-refractivity contribution in [3.8, 4) is 0 Å². The van der Waals surface area contributed by atoms with Crippen LogP contribution in [-0.4, -0.2) is 30.1 Å². The first-order chi connectivity index (χ1) is 8.31. The first-order valence-corrected chi connectivity index (χ1v) is 6.52. The van der Waals surface area contributed by atoms with E-state index < -0.39 is 0 Å². The molecule has 1 aromatic heterocycles. The maximum Gasteiger partial charge on any atom is 0.132 e. The maximum atomic E-state index is 4.38. The molecule has 4 nitrogen and oxygen atoms in total. The smallest absolute Gasteiger partial charge is 0.132 e. The highest BCUT2D eigenvalue weighted by molar-refractivity contribution is 5.46. The molecule has 17 heavy (non-hydrogen) atoms. The van der Waals surface area contributed by atoms with Gasteiger partial charge < -0.3 is 10.6 Å². The maximum absolute atomic E-state index is 4.38.